The van der Waals surface area contributed by atoms with Crippen LogP contribution in [0.15, 0.2) is 67.4 Å². The third-order valence-electron chi connectivity index (χ3n) is 5.02. The van der Waals surface area contributed by atoms with Crippen molar-refractivity contribution in [3.8, 4) is 23.0 Å². The zero-order valence-electron chi connectivity index (χ0n) is 20.4. The van der Waals surface area contributed by atoms with Crippen molar-refractivity contribution in [2.24, 2.45) is 0 Å². The van der Waals surface area contributed by atoms with Gasteiger partial charge in [0, 0.05) is 0 Å². The fourth-order valence-corrected chi connectivity index (χ4v) is 4.95. The second-order valence-corrected chi connectivity index (χ2v) is 9.63. The van der Waals surface area contributed by atoms with Crippen molar-refractivity contribution in [3.63, 3.8) is 0 Å². The van der Waals surface area contributed by atoms with Crippen LogP contribution in [0.3, 0.4) is 0 Å². The minimum atomic E-state index is -3.89. The van der Waals surface area contributed by atoms with Gasteiger partial charge < -0.3 is 27.8 Å². The molecule has 0 aliphatic heterocycles. The Morgan fingerprint density at radius 1 is 0.889 bits per heavy atom. The molecule has 0 aliphatic rings. The molecule has 0 saturated carbocycles. The molecule has 190 valence electrons. The lowest BCUT2D eigenvalue weighted by atomic mass is 10.3. The summed E-state index contributed by atoms with van der Waals surface area (Å²) in [6.07, 6.45) is 4.11. The van der Waals surface area contributed by atoms with E-state index in [1.165, 1.54) is 6.33 Å². The molecule has 36 heavy (non-hydrogen) atoms. The Labute approximate surface area is 209 Å². The zero-order chi connectivity index (χ0) is 25.4. The number of hydrogen-bond acceptors (Lipinski definition) is 9. The highest BCUT2D eigenvalue weighted by Crippen LogP contribution is 2.52. The van der Waals surface area contributed by atoms with E-state index in [1.54, 1.807) is 48.9 Å². The molecule has 1 unspecified atom stereocenters. The first kappa shape index (κ1) is 25.5. The van der Waals surface area contributed by atoms with E-state index >= 15 is 0 Å². The Bertz CT molecular complexity index is 1280. The SMILES string of the molecule is CCOc1ccccc1OP(=O)(COC(C)Cn1cnc2cncnc21)Oc1ccccc1OCC. The van der Waals surface area contributed by atoms with Gasteiger partial charge in [0.25, 0.3) is 0 Å². The third kappa shape index (κ3) is 6.33. The predicted molar refractivity (Wildman–Crippen MR) is 135 cm³/mol. The summed E-state index contributed by atoms with van der Waals surface area (Å²) in [4.78, 5) is 12.6. The average Bonchev–Trinajstić information content (AvgIpc) is 3.28. The van der Waals surface area contributed by atoms with Crippen molar-refractivity contribution < 1.29 is 27.8 Å². The van der Waals surface area contributed by atoms with Crippen LogP contribution in [0.2, 0.25) is 0 Å². The van der Waals surface area contributed by atoms with Crippen molar-refractivity contribution in [1.82, 2.24) is 19.5 Å². The van der Waals surface area contributed by atoms with Crippen molar-refractivity contribution in [2.45, 2.75) is 33.4 Å². The Balaban J connectivity index is 1.55. The van der Waals surface area contributed by atoms with Crippen LogP contribution in [0, 0.1) is 0 Å². The van der Waals surface area contributed by atoms with Gasteiger partial charge in [-0.05, 0) is 45.0 Å². The lowest BCUT2D eigenvalue weighted by Crippen LogP contribution is -2.19. The number of rotatable bonds is 13. The quantitative estimate of drug-likeness (QED) is 0.220. The molecule has 0 saturated heterocycles. The number of aromatic nitrogens is 4. The molecule has 0 amide bonds. The van der Waals surface area contributed by atoms with Crippen molar-refractivity contribution in [1.29, 1.82) is 0 Å². The van der Waals surface area contributed by atoms with E-state index in [9.17, 15) is 4.57 Å². The second kappa shape index (κ2) is 11.9. The largest absolute Gasteiger partial charge is 0.490 e. The summed E-state index contributed by atoms with van der Waals surface area (Å²) >= 11 is 0. The van der Waals surface area contributed by atoms with Gasteiger partial charge in [0.2, 0.25) is 0 Å². The molecule has 10 nitrogen and oxygen atoms in total. The molecule has 2 aromatic carbocycles. The van der Waals surface area contributed by atoms with E-state index in [1.807, 2.05) is 37.5 Å². The number of ether oxygens (including phenoxy) is 3. The molecule has 11 heteroatoms. The maximum Gasteiger partial charge on any atom is 0.456 e. The maximum absolute atomic E-state index is 14.1. The van der Waals surface area contributed by atoms with Gasteiger partial charge in [0.1, 0.15) is 11.8 Å². The van der Waals surface area contributed by atoms with Crippen molar-refractivity contribution in [3.05, 3.63) is 67.4 Å². The summed E-state index contributed by atoms with van der Waals surface area (Å²) in [6, 6.07) is 14.0. The molecule has 4 aromatic rings. The fourth-order valence-electron chi connectivity index (χ4n) is 3.47. The van der Waals surface area contributed by atoms with Crippen molar-refractivity contribution >= 4 is 18.8 Å². The molecule has 1 atom stereocenters. The van der Waals surface area contributed by atoms with Crippen LogP contribution < -0.4 is 18.5 Å². The number of hydrogen-bond donors (Lipinski definition) is 0. The first-order valence-electron chi connectivity index (χ1n) is 11.7. The summed E-state index contributed by atoms with van der Waals surface area (Å²) < 4.78 is 45.1. The van der Waals surface area contributed by atoms with Gasteiger partial charge >= 0.3 is 7.60 Å². The standard InChI is InChI=1S/C25H29N4O6P/c1-4-31-21-10-6-8-12-23(21)34-36(30,35-24-13-9-7-11-22(24)32-5-2)18-33-19(3)15-29-17-28-20-14-26-16-27-25(20)29/h6-14,16-17,19H,4-5,15,18H2,1-3H3. The van der Waals surface area contributed by atoms with Gasteiger partial charge in [-0.25, -0.2) is 19.5 Å². The van der Waals surface area contributed by atoms with Gasteiger partial charge in [0.05, 0.1) is 38.4 Å². The zero-order valence-corrected chi connectivity index (χ0v) is 21.3. The number of benzene rings is 2. The fraction of sp³-hybridized carbons (Fsp3) is 0.320. The lowest BCUT2D eigenvalue weighted by molar-refractivity contribution is 0.0778. The van der Waals surface area contributed by atoms with Gasteiger partial charge in [-0.3, -0.25) is 0 Å². The topological polar surface area (TPSA) is 107 Å². The minimum Gasteiger partial charge on any atom is -0.490 e. The third-order valence-corrected chi connectivity index (χ3v) is 6.44. The summed E-state index contributed by atoms with van der Waals surface area (Å²) in [7, 11) is -3.89. The molecule has 0 spiro atoms. The smallest absolute Gasteiger partial charge is 0.456 e. The molecule has 0 fully saturated rings. The van der Waals surface area contributed by atoms with E-state index in [0.29, 0.717) is 53.9 Å². The summed E-state index contributed by atoms with van der Waals surface area (Å²) in [6.45, 7) is 6.86. The molecular formula is C25H29N4O6P. The van der Waals surface area contributed by atoms with Crippen LogP contribution in [-0.4, -0.2) is 45.2 Å². The van der Waals surface area contributed by atoms with Crippen LogP contribution in [0.25, 0.3) is 11.2 Å². The molecular weight excluding hydrogens is 483 g/mol. The van der Waals surface area contributed by atoms with Gasteiger partial charge in [-0.2, -0.15) is 0 Å². The van der Waals surface area contributed by atoms with Crippen molar-refractivity contribution in [2.75, 3.05) is 19.6 Å². The first-order valence-corrected chi connectivity index (χ1v) is 13.4. The van der Waals surface area contributed by atoms with Crippen LogP contribution in [0.4, 0.5) is 0 Å². The Morgan fingerprint density at radius 3 is 2.06 bits per heavy atom. The Hall–Kier alpha value is -3.62. The van der Waals surface area contributed by atoms with Gasteiger partial charge in [-0.15, -0.1) is 0 Å². The number of para-hydroxylation sites is 4. The predicted octanol–water partition coefficient (Wildman–Crippen LogP) is 5.34. The Morgan fingerprint density at radius 2 is 1.47 bits per heavy atom. The van der Waals surface area contributed by atoms with Crippen LogP contribution in [0.5, 0.6) is 23.0 Å². The number of nitrogens with zero attached hydrogens (tertiary/aromatic N) is 4. The molecule has 0 N–H and O–H groups in total. The maximum atomic E-state index is 14.1. The molecule has 0 bridgehead atoms. The summed E-state index contributed by atoms with van der Waals surface area (Å²) in [5.41, 5.74) is 1.37. The highest BCUT2D eigenvalue weighted by molar-refractivity contribution is 7.54. The van der Waals surface area contributed by atoms with E-state index in [-0.39, 0.29) is 12.5 Å². The average molecular weight is 513 g/mol. The summed E-state index contributed by atoms with van der Waals surface area (Å²) in [5.74, 6) is 1.51. The van der Waals surface area contributed by atoms with E-state index in [4.69, 9.17) is 23.3 Å². The Kier molecular flexibility index (Phi) is 8.40. The van der Waals surface area contributed by atoms with Crippen LogP contribution in [0.1, 0.15) is 20.8 Å². The van der Waals surface area contributed by atoms with Gasteiger partial charge in [0.15, 0.2) is 35.0 Å². The minimum absolute atomic E-state index is 0.296. The first-order chi connectivity index (χ1) is 17.5. The lowest BCUT2D eigenvalue weighted by Gasteiger charge is -2.24. The molecule has 2 heterocycles. The van der Waals surface area contributed by atoms with E-state index in [2.05, 4.69) is 15.0 Å². The van der Waals surface area contributed by atoms with Crippen LogP contribution >= 0.6 is 7.60 Å². The normalized spacial score (nSPS) is 12.3. The molecule has 4 rings (SSSR count). The van der Waals surface area contributed by atoms with Crippen LogP contribution in [-0.2, 0) is 15.8 Å². The van der Waals surface area contributed by atoms with E-state index < -0.39 is 7.60 Å². The second-order valence-electron chi connectivity index (χ2n) is 7.79. The number of fused-ring (bicyclic) bond motifs is 1. The molecule has 0 aliphatic carbocycles. The molecule has 0 radical (unpaired) electrons. The summed E-state index contributed by atoms with van der Waals surface area (Å²) in [5, 5.41) is 0. The number of imidazole rings is 1. The highest BCUT2D eigenvalue weighted by Gasteiger charge is 2.32. The molecule has 2 aromatic heterocycles. The highest BCUT2D eigenvalue weighted by atomic mass is 31.2. The van der Waals surface area contributed by atoms with E-state index in [0.717, 1.165) is 0 Å². The monoisotopic (exact) mass is 512 g/mol. The van der Waals surface area contributed by atoms with Gasteiger partial charge in [-0.1, -0.05) is 24.3 Å².